The van der Waals surface area contributed by atoms with E-state index < -0.39 is 17.6 Å². The van der Waals surface area contributed by atoms with Crippen molar-refractivity contribution in [3.05, 3.63) is 23.5 Å². The smallest absolute Gasteiger partial charge is 0.437 e. The molecular formula is C7H6F3NO. The average Bonchev–Trinajstić information content (AvgIpc) is 1.92. The van der Waals surface area contributed by atoms with E-state index in [1.807, 2.05) is 0 Å². The lowest BCUT2D eigenvalue weighted by molar-refractivity contribution is -0.142. The van der Waals surface area contributed by atoms with Gasteiger partial charge in [0.05, 0.1) is 0 Å². The molecule has 0 aromatic carbocycles. The molecule has 0 amide bonds. The second-order valence-electron chi connectivity index (χ2n) is 2.32. The molecule has 0 spiro atoms. The van der Waals surface area contributed by atoms with Crippen molar-refractivity contribution in [2.45, 2.75) is 13.1 Å². The zero-order valence-electron chi connectivity index (χ0n) is 6.18. The van der Waals surface area contributed by atoms with Crippen LogP contribution in [0.1, 0.15) is 11.4 Å². The second kappa shape index (κ2) is 2.66. The predicted octanol–water partition coefficient (Wildman–Crippen LogP) is 2.11. The molecule has 1 aromatic heterocycles. The van der Waals surface area contributed by atoms with Crippen molar-refractivity contribution in [1.29, 1.82) is 0 Å². The third-order valence-corrected chi connectivity index (χ3v) is 1.28. The number of halogens is 3. The molecule has 1 heterocycles. The van der Waals surface area contributed by atoms with Gasteiger partial charge in [0.15, 0.2) is 5.69 Å². The third kappa shape index (κ3) is 1.66. The van der Waals surface area contributed by atoms with Crippen LogP contribution in [-0.2, 0) is 6.18 Å². The van der Waals surface area contributed by atoms with Crippen molar-refractivity contribution in [3.8, 4) is 5.75 Å². The van der Waals surface area contributed by atoms with Crippen LogP contribution in [0.2, 0.25) is 0 Å². The van der Waals surface area contributed by atoms with Crippen LogP contribution in [0.15, 0.2) is 12.1 Å². The summed E-state index contributed by atoms with van der Waals surface area (Å²) in [5.74, 6) is -0.840. The minimum atomic E-state index is -4.59. The largest absolute Gasteiger partial charge is 0.506 e. The summed E-state index contributed by atoms with van der Waals surface area (Å²) in [5, 5.41) is 8.79. The van der Waals surface area contributed by atoms with Gasteiger partial charge in [-0.05, 0) is 19.1 Å². The SMILES string of the molecule is Cc1ccc(O)c(C(F)(F)F)n1. The molecule has 1 N–H and O–H groups in total. The van der Waals surface area contributed by atoms with Gasteiger partial charge in [-0.15, -0.1) is 0 Å². The Morgan fingerprint density at radius 3 is 2.33 bits per heavy atom. The summed E-state index contributed by atoms with van der Waals surface area (Å²) in [4.78, 5) is 3.17. The maximum Gasteiger partial charge on any atom is 0.437 e. The van der Waals surface area contributed by atoms with E-state index in [0.717, 1.165) is 6.07 Å². The number of rotatable bonds is 0. The lowest BCUT2D eigenvalue weighted by atomic mass is 10.3. The number of aromatic nitrogens is 1. The monoisotopic (exact) mass is 177 g/mol. The van der Waals surface area contributed by atoms with Gasteiger partial charge >= 0.3 is 6.18 Å². The van der Waals surface area contributed by atoms with Crippen molar-refractivity contribution < 1.29 is 18.3 Å². The molecular weight excluding hydrogens is 171 g/mol. The van der Waals surface area contributed by atoms with Gasteiger partial charge in [0, 0.05) is 5.69 Å². The van der Waals surface area contributed by atoms with E-state index in [9.17, 15) is 13.2 Å². The van der Waals surface area contributed by atoms with Crippen LogP contribution < -0.4 is 0 Å². The van der Waals surface area contributed by atoms with Gasteiger partial charge in [-0.1, -0.05) is 0 Å². The van der Waals surface area contributed by atoms with E-state index in [0.29, 0.717) is 0 Å². The molecule has 66 valence electrons. The molecule has 0 atom stereocenters. The lowest BCUT2D eigenvalue weighted by Gasteiger charge is -2.07. The number of nitrogens with zero attached hydrogens (tertiary/aromatic N) is 1. The fraction of sp³-hybridized carbons (Fsp3) is 0.286. The molecule has 0 aliphatic carbocycles. The van der Waals surface area contributed by atoms with Gasteiger partial charge in [0.25, 0.3) is 0 Å². The first kappa shape index (κ1) is 8.83. The topological polar surface area (TPSA) is 33.1 Å². The second-order valence-corrected chi connectivity index (χ2v) is 2.32. The molecule has 0 fully saturated rings. The molecule has 1 aromatic rings. The Hall–Kier alpha value is -1.26. The summed E-state index contributed by atoms with van der Waals surface area (Å²) < 4.78 is 36.0. The number of alkyl halides is 3. The molecule has 0 unspecified atom stereocenters. The summed E-state index contributed by atoms with van der Waals surface area (Å²) in [7, 11) is 0. The highest BCUT2D eigenvalue weighted by Crippen LogP contribution is 2.33. The normalized spacial score (nSPS) is 11.7. The minimum Gasteiger partial charge on any atom is -0.506 e. The van der Waals surface area contributed by atoms with E-state index in [1.54, 1.807) is 0 Å². The lowest BCUT2D eigenvalue weighted by Crippen LogP contribution is -2.08. The Morgan fingerprint density at radius 1 is 1.33 bits per heavy atom. The maximum absolute atomic E-state index is 12.0. The maximum atomic E-state index is 12.0. The van der Waals surface area contributed by atoms with Crippen molar-refractivity contribution in [2.24, 2.45) is 0 Å². The number of hydrogen-bond donors (Lipinski definition) is 1. The zero-order chi connectivity index (χ0) is 9.35. The van der Waals surface area contributed by atoms with Crippen LogP contribution in [0, 0.1) is 6.92 Å². The minimum absolute atomic E-state index is 0.222. The first-order chi connectivity index (χ1) is 5.41. The Balaban J connectivity index is 3.23. The molecule has 0 saturated carbocycles. The molecule has 0 saturated heterocycles. The van der Waals surface area contributed by atoms with E-state index in [1.165, 1.54) is 13.0 Å². The van der Waals surface area contributed by atoms with Crippen LogP contribution in [0.4, 0.5) is 13.2 Å². The van der Waals surface area contributed by atoms with Crippen LogP contribution in [0.25, 0.3) is 0 Å². The first-order valence-electron chi connectivity index (χ1n) is 3.15. The Morgan fingerprint density at radius 2 is 1.92 bits per heavy atom. The molecule has 1 rings (SSSR count). The Labute approximate surface area is 66.7 Å². The Kier molecular flexibility index (Phi) is 1.95. The van der Waals surface area contributed by atoms with Gasteiger partial charge in [0.1, 0.15) is 5.75 Å². The average molecular weight is 177 g/mol. The summed E-state index contributed by atoms with van der Waals surface area (Å²) in [5.41, 5.74) is -1.01. The van der Waals surface area contributed by atoms with Crippen molar-refractivity contribution in [2.75, 3.05) is 0 Å². The van der Waals surface area contributed by atoms with E-state index in [4.69, 9.17) is 5.11 Å². The molecule has 0 aliphatic rings. The summed E-state index contributed by atoms with van der Waals surface area (Å²) in [6, 6.07) is 2.29. The fourth-order valence-electron chi connectivity index (χ4n) is 0.758. The summed E-state index contributed by atoms with van der Waals surface area (Å²) >= 11 is 0. The standard InChI is InChI=1S/C7H6F3NO/c1-4-2-3-5(12)6(11-4)7(8,9)10/h2-3,12H,1H3. The quantitative estimate of drug-likeness (QED) is 0.658. The number of aryl methyl sites for hydroxylation is 1. The highest BCUT2D eigenvalue weighted by Gasteiger charge is 2.35. The molecule has 0 radical (unpaired) electrons. The van der Waals surface area contributed by atoms with E-state index in [-0.39, 0.29) is 5.69 Å². The number of hydrogen-bond acceptors (Lipinski definition) is 2. The van der Waals surface area contributed by atoms with Crippen LogP contribution >= 0.6 is 0 Å². The van der Waals surface area contributed by atoms with Gasteiger partial charge < -0.3 is 5.11 Å². The molecule has 0 bridgehead atoms. The Bertz CT molecular complexity index is 295. The molecule has 5 heteroatoms. The molecule has 12 heavy (non-hydrogen) atoms. The van der Waals surface area contributed by atoms with Crippen molar-refractivity contribution >= 4 is 0 Å². The molecule has 2 nitrogen and oxygen atoms in total. The van der Waals surface area contributed by atoms with Crippen LogP contribution in [-0.4, -0.2) is 10.1 Å². The first-order valence-corrected chi connectivity index (χ1v) is 3.15. The number of aromatic hydroxyl groups is 1. The summed E-state index contributed by atoms with van der Waals surface area (Å²) in [6.45, 7) is 1.43. The van der Waals surface area contributed by atoms with Crippen LogP contribution in [0.3, 0.4) is 0 Å². The highest BCUT2D eigenvalue weighted by atomic mass is 19.4. The molecule has 0 aliphatic heterocycles. The van der Waals surface area contributed by atoms with Gasteiger partial charge in [0.2, 0.25) is 0 Å². The van der Waals surface area contributed by atoms with E-state index >= 15 is 0 Å². The highest BCUT2D eigenvalue weighted by molar-refractivity contribution is 5.29. The van der Waals surface area contributed by atoms with Crippen molar-refractivity contribution in [1.82, 2.24) is 4.98 Å². The number of pyridine rings is 1. The zero-order valence-corrected chi connectivity index (χ0v) is 6.18. The fourth-order valence-corrected chi connectivity index (χ4v) is 0.758. The predicted molar refractivity (Wildman–Crippen MR) is 35.6 cm³/mol. The van der Waals surface area contributed by atoms with Crippen LogP contribution in [0.5, 0.6) is 5.75 Å². The summed E-state index contributed by atoms with van der Waals surface area (Å²) in [6.07, 6.45) is -4.59. The van der Waals surface area contributed by atoms with E-state index in [2.05, 4.69) is 4.98 Å². The van der Waals surface area contributed by atoms with Crippen molar-refractivity contribution in [3.63, 3.8) is 0 Å². The van der Waals surface area contributed by atoms with Gasteiger partial charge in [-0.25, -0.2) is 4.98 Å². The third-order valence-electron chi connectivity index (χ3n) is 1.28. The van der Waals surface area contributed by atoms with Gasteiger partial charge in [-0.2, -0.15) is 13.2 Å². The van der Waals surface area contributed by atoms with Gasteiger partial charge in [-0.3, -0.25) is 0 Å².